The Morgan fingerprint density at radius 3 is 2.38 bits per heavy atom. The number of rotatable bonds is 2. The van der Waals surface area contributed by atoms with Crippen LogP contribution in [-0.4, -0.2) is 5.04 Å². The molecule has 1 N–H and O–H groups in total. The fourth-order valence-electron chi connectivity index (χ4n) is 0.289. The molecule has 0 bridgehead atoms. The molecule has 0 atom stereocenters. The minimum atomic E-state index is 0.622. The first-order valence-corrected chi connectivity index (χ1v) is 3.39. The van der Waals surface area contributed by atoms with E-state index in [0.29, 0.717) is 5.04 Å². The van der Waals surface area contributed by atoms with E-state index in [1.54, 1.807) is 6.92 Å². The third-order valence-corrected chi connectivity index (χ3v) is 1.58. The van der Waals surface area contributed by atoms with Crippen LogP contribution >= 0.6 is 11.8 Å². The predicted octanol–water partition coefficient (Wildman–Crippen LogP) is 2.64. The molecule has 0 rings (SSSR count). The first kappa shape index (κ1) is 7.76. The molecular formula is C6H11NS. The van der Waals surface area contributed by atoms with Crippen LogP contribution in [0.25, 0.3) is 0 Å². The molecule has 1 nitrogen and oxygen atoms in total. The summed E-state index contributed by atoms with van der Waals surface area (Å²) in [4.78, 5) is 1.07. The second-order valence-corrected chi connectivity index (χ2v) is 2.94. The fraction of sp³-hybridized carbons (Fsp3) is 0.500. The van der Waals surface area contributed by atoms with Crippen LogP contribution in [0, 0.1) is 5.41 Å². The van der Waals surface area contributed by atoms with Crippen LogP contribution in [0.15, 0.2) is 11.5 Å². The molecule has 0 saturated heterocycles. The summed E-state index contributed by atoms with van der Waals surface area (Å²) >= 11 is 1.44. The van der Waals surface area contributed by atoms with E-state index >= 15 is 0 Å². The van der Waals surface area contributed by atoms with Crippen molar-refractivity contribution in [2.45, 2.75) is 20.3 Å². The maximum atomic E-state index is 7.03. The molecule has 2 heteroatoms. The van der Waals surface area contributed by atoms with Crippen LogP contribution in [0.3, 0.4) is 0 Å². The molecule has 0 saturated carbocycles. The fourth-order valence-corrected chi connectivity index (χ4v) is 0.866. The number of hydrogen-bond acceptors (Lipinski definition) is 2. The number of nitrogens with one attached hydrogen (secondary N) is 1. The van der Waals surface area contributed by atoms with Gasteiger partial charge >= 0.3 is 0 Å². The molecule has 0 radical (unpaired) electrons. The SMILES string of the molecule is C=C(CC)SC(C)=N. The number of hydrogen-bond donors (Lipinski definition) is 1. The lowest BCUT2D eigenvalue weighted by Crippen LogP contribution is -1.78. The van der Waals surface area contributed by atoms with Gasteiger partial charge in [0.15, 0.2) is 0 Å². The van der Waals surface area contributed by atoms with Crippen molar-refractivity contribution < 1.29 is 0 Å². The van der Waals surface area contributed by atoms with Gasteiger partial charge < -0.3 is 0 Å². The molecule has 46 valence electrons. The Balaban J connectivity index is 3.40. The third kappa shape index (κ3) is 3.93. The predicted molar refractivity (Wildman–Crippen MR) is 40.4 cm³/mol. The van der Waals surface area contributed by atoms with Crippen LogP contribution < -0.4 is 0 Å². The van der Waals surface area contributed by atoms with E-state index < -0.39 is 0 Å². The van der Waals surface area contributed by atoms with E-state index in [2.05, 4.69) is 6.58 Å². The van der Waals surface area contributed by atoms with Crippen molar-refractivity contribution in [1.82, 2.24) is 0 Å². The van der Waals surface area contributed by atoms with Gasteiger partial charge in [0.25, 0.3) is 0 Å². The zero-order valence-corrected chi connectivity index (χ0v) is 6.14. The molecule has 0 aliphatic rings. The largest absolute Gasteiger partial charge is 0.298 e. The molecule has 0 aromatic rings. The molecular weight excluding hydrogens is 118 g/mol. The van der Waals surface area contributed by atoms with Crippen molar-refractivity contribution in [3.8, 4) is 0 Å². The lowest BCUT2D eigenvalue weighted by molar-refractivity contribution is 1.21. The van der Waals surface area contributed by atoms with Crippen molar-refractivity contribution in [3.63, 3.8) is 0 Å². The summed E-state index contributed by atoms with van der Waals surface area (Å²) in [5, 5.41) is 7.65. The van der Waals surface area contributed by atoms with Crippen LogP contribution in [0.4, 0.5) is 0 Å². The summed E-state index contributed by atoms with van der Waals surface area (Å²) in [6, 6.07) is 0. The Bertz CT molecular complexity index is 107. The van der Waals surface area contributed by atoms with Gasteiger partial charge in [0, 0.05) is 0 Å². The molecule has 0 spiro atoms. The molecule has 0 aliphatic heterocycles. The average molecular weight is 129 g/mol. The van der Waals surface area contributed by atoms with E-state index in [-0.39, 0.29) is 0 Å². The highest BCUT2D eigenvalue weighted by atomic mass is 32.2. The van der Waals surface area contributed by atoms with Crippen LogP contribution in [0.5, 0.6) is 0 Å². The zero-order valence-electron chi connectivity index (χ0n) is 5.32. The summed E-state index contributed by atoms with van der Waals surface area (Å²) in [6.07, 6.45) is 0.959. The Labute approximate surface area is 54.7 Å². The summed E-state index contributed by atoms with van der Waals surface area (Å²) in [6.45, 7) is 7.54. The van der Waals surface area contributed by atoms with E-state index in [9.17, 15) is 0 Å². The van der Waals surface area contributed by atoms with Gasteiger partial charge in [-0.25, -0.2) is 0 Å². The summed E-state index contributed by atoms with van der Waals surface area (Å²) < 4.78 is 0. The molecule has 0 heterocycles. The van der Waals surface area contributed by atoms with Gasteiger partial charge in [-0.3, -0.25) is 5.41 Å². The van der Waals surface area contributed by atoms with E-state index in [1.165, 1.54) is 11.8 Å². The van der Waals surface area contributed by atoms with E-state index in [4.69, 9.17) is 5.41 Å². The maximum Gasteiger partial charge on any atom is 0.0654 e. The molecule has 0 amide bonds. The minimum Gasteiger partial charge on any atom is -0.298 e. The highest BCUT2D eigenvalue weighted by molar-refractivity contribution is 8.17. The monoisotopic (exact) mass is 129 g/mol. The Hall–Kier alpha value is -0.240. The molecule has 0 aromatic heterocycles. The lowest BCUT2D eigenvalue weighted by atomic mass is 10.5. The van der Waals surface area contributed by atoms with Gasteiger partial charge in [-0.2, -0.15) is 0 Å². The van der Waals surface area contributed by atoms with Gasteiger partial charge in [0.05, 0.1) is 5.04 Å². The van der Waals surface area contributed by atoms with Gasteiger partial charge in [0.2, 0.25) is 0 Å². The number of allylic oxidation sites excluding steroid dienone is 1. The van der Waals surface area contributed by atoms with Crippen molar-refractivity contribution in [2.24, 2.45) is 0 Å². The summed E-state index contributed by atoms with van der Waals surface area (Å²) in [7, 11) is 0. The smallest absolute Gasteiger partial charge is 0.0654 e. The first-order valence-electron chi connectivity index (χ1n) is 2.57. The average Bonchev–Trinajstić information content (AvgIpc) is 1.65. The summed E-state index contributed by atoms with van der Waals surface area (Å²) in [5.74, 6) is 0. The molecule has 0 aromatic carbocycles. The zero-order chi connectivity index (χ0) is 6.57. The van der Waals surface area contributed by atoms with Crippen LogP contribution in [0.2, 0.25) is 0 Å². The molecule has 0 fully saturated rings. The van der Waals surface area contributed by atoms with Crippen molar-refractivity contribution in [3.05, 3.63) is 11.5 Å². The maximum absolute atomic E-state index is 7.03. The van der Waals surface area contributed by atoms with Gasteiger partial charge in [-0.05, 0) is 18.2 Å². The molecule has 8 heavy (non-hydrogen) atoms. The van der Waals surface area contributed by atoms with Crippen molar-refractivity contribution in [2.75, 3.05) is 0 Å². The Morgan fingerprint density at radius 2 is 2.25 bits per heavy atom. The molecule has 0 aliphatic carbocycles. The molecule has 0 unspecified atom stereocenters. The van der Waals surface area contributed by atoms with Crippen molar-refractivity contribution in [1.29, 1.82) is 5.41 Å². The van der Waals surface area contributed by atoms with E-state index in [1.807, 2.05) is 6.92 Å². The second-order valence-electron chi connectivity index (χ2n) is 1.55. The normalized spacial score (nSPS) is 8.75. The third-order valence-electron chi connectivity index (χ3n) is 0.692. The van der Waals surface area contributed by atoms with Crippen LogP contribution in [-0.2, 0) is 0 Å². The van der Waals surface area contributed by atoms with Crippen molar-refractivity contribution >= 4 is 16.8 Å². The topological polar surface area (TPSA) is 23.9 Å². The van der Waals surface area contributed by atoms with Crippen LogP contribution in [0.1, 0.15) is 20.3 Å². The summed E-state index contributed by atoms with van der Waals surface area (Å²) in [5.41, 5.74) is 0. The number of thioether (sulfide) groups is 1. The lowest BCUT2D eigenvalue weighted by Gasteiger charge is -1.95. The Morgan fingerprint density at radius 1 is 1.75 bits per heavy atom. The standard InChI is InChI=1S/C6H11NS/c1-4-5(2)8-6(3)7/h7H,2,4H2,1,3H3. The first-order chi connectivity index (χ1) is 3.66. The minimum absolute atomic E-state index is 0.622. The van der Waals surface area contributed by atoms with Gasteiger partial charge in [0.1, 0.15) is 0 Å². The van der Waals surface area contributed by atoms with Gasteiger partial charge in [-0.1, -0.05) is 25.3 Å². The van der Waals surface area contributed by atoms with E-state index in [0.717, 1.165) is 11.3 Å². The second kappa shape index (κ2) is 3.72. The highest BCUT2D eigenvalue weighted by Gasteiger charge is 1.90. The Kier molecular flexibility index (Phi) is 3.61. The highest BCUT2D eigenvalue weighted by Crippen LogP contribution is 2.16. The van der Waals surface area contributed by atoms with Gasteiger partial charge in [-0.15, -0.1) is 0 Å². The quantitative estimate of drug-likeness (QED) is 0.449.